The predicted octanol–water partition coefficient (Wildman–Crippen LogP) is 5.45. The van der Waals surface area contributed by atoms with E-state index in [4.69, 9.17) is 4.74 Å². The molecule has 0 saturated carbocycles. The zero-order chi connectivity index (χ0) is 17.6. The average Bonchev–Trinajstić information content (AvgIpc) is 2.50. The van der Waals surface area contributed by atoms with Crippen molar-refractivity contribution >= 4 is 5.97 Å². The van der Waals surface area contributed by atoms with Gasteiger partial charge in [-0.2, -0.15) is 0 Å². The second-order valence-electron chi connectivity index (χ2n) is 7.54. The van der Waals surface area contributed by atoms with E-state index in [1.165, 1.54) is 70.3 Å². The van der Waals surface area contributed by atoms with Crippen LogP contribution in [0.4, 0.5) is 0 Å². The Kier molecular flexibility index (Phi) is 13.1. The van der Waals surface area contributed by atoms with Crippen LogP contribution in [0.15, 0.2) is 12.7 Å². The molecule has 0 saturated heterocycles. The molecular weight excluding hydrogens is 286 g/mol. The molecular formula is C20H40NO2+. The normalized spacial score (nSPS) is 12.9. The van der Waals surface area contributed by atoms with Crippen LogP contribution in [0.2, 0.25) is 0 Å². The zero-order valence-electron chi connectivity index (χ0n) is 16.1. The van der Waals surface area contributed by atoms with Crippen LogP contribution < -0.4 is 0 Å². The van der Waals surface area contributed by atoms with Crippen LogP contribution in [0.3, 0.4) is 0 Å². The Bertz CT molecular complexity index is 307. The van der Waals surface area contributed by atoms with Crippen molar-refractivity contribution in [3.05, 3.63) is 12.7 Å². The van der Waals surface area contributed by atoms with Crippen molar-refractivity contribution in [3.8, 4) is 0 Å². The van der Waals surface area contributed by atoms with E-state index in [1.807, 2.05) is 0 Å². The number of quaternary nitrogens is 1. The first-order valence-corrected chi connectivity index (χ1v) is 9.56. The highest BCUT2D eigenvalue weighted by Gasteiger charge is 2.26. The van der Waals surface area contributed by atoms with Crippen molar-refractivity contribution in [2.75, 3.05) is 21.1 Å². The lowest BCUT2D eigenvalue weighted by molar-refractivity contribution is -0.917. The van der Waals surface area contributed by atoms with Crippen LogP contribution in [0, 0.1) is 0 Å². The lowest BCUT2D eigenvalue weighted by Gasteiger charge is -2.32. The molecule has 1 unspecified atom stereocenters. The topological polar surface area (TPSA) is 26.3 Å². The molecule has 136 valence electrons. The van der Waals surface area contributed by atoms with E-state index in [-0.39, 0.29) is 12.2 Å². The summed E-state index contributed by atoms with van der Waals surface area (Å²) in [6.45, 7) is 5.74. The molecule has 0 aliphatic rings. The van der Waals surface area contributed by atoms with Gasteiger partial charge in [0.25, 0.3) is 0 Å². The number of esters is 1. The summed E-state index contributed by atoms with van der Waals surface area (Å²) in [6, 6.07) is 0. The van der Waals surface area contributed by atoms with E-state index in [1.54, 1.807) is 0 Å². The molecule has 3 heteroatoms. The molecule has 0 aliphatic heterocycles. The van der Waals surface area contributed by atoms with Gasteiger partial charge >= 0.3 is 5.97 Å². The maximum Gasteiger partial charge on any atom is 0.334 e. The van der Waals surface area contributed by atoms with Gasteiger partial charge in [-0.3, -0.25) is 4.48 Å². The summed E-state index contributed by atoms with van der Waals surface area (Å²) < 4.78 is 6.12. The molecule has 0 aromatic carbocycles. The standard InChI is InChI=1S/C20H40NO2/c1-6-8-9-10-11-12-13-14-15-16-17-18-19(21(3,4)5)23-20(22)7-2/h7,19H,2,6,8-18H2,1,3-5H3/q+1. The lowest BCUT2D eigenvalue weighted by atomic mass is 10.0. The third-order valence-electron chi connectivity index (χ3n) is 4.34. The van der Waals surface area contributed by atoms with Gasteiger partial charge in [-0.15, -0.1) is 0 Å². The quantitative estimate of drug-likeness (QED) is 0.131. The van der Waals surface area contributed by atoms with Crippen LogP contribution in [0.25, 0.3) is 0 Å². The van der Waals surface area contributed by atoms with Crippen molar-refractivity contribution in [1.82, 2.24) is 0 Å². The van der Waals surface area contributed by atoms with Gasteiger partial charge in [0.15, 0.2) is 0 Å². The maximum absolute atomic E-state index is 11.4. The first kappa shape index (κ1) is 22.2. The van der Waals surface area contributed by atoms with Crippen molar-refractivity contribution in [3.63, 3.8) is 0 Å². The number of nitrogens with zero attached hydrogens (tertiary/aromatic N) is 1. The Morgan fingerprint density at radius 2 is 1.35 bits per heavy atom. The van der Waals surface area contributed by atoms with Gasteiger partial charge < -0.3 is 4.74 Å². The van der Waals surface area contributed by atoms with Crippen molar-refractivity contribution in [2.24, 2.45) is 0 Å². The van der Waals surface area contributed by atoms with Gasteiger partial charge in [-0.25, -0.2) is 4.79 Å². The lowest BCUT2D eigenvalue weighted by Crippen LogP contribution is -2.47. The molecule has 0 spiro atoms. The minimum absolute atomic E-state index is 0.0703. The van der Waals surface area contributed by atoms with Crippen LogP contribution in [-0.4, -0.2) is 37.8 Å². The molecule has 0 heterocycles. The molecule has 1 atom stereocenters. The third kappa shape index (κ3) is 13.3. The number of hydrogen-bond acceptors (Lipinski definition) is 2. The van der Waals surface area contributed by atoms with Gasteiger partial charge in [0.2, 0.25) is 6.23 Å². The molecule has 23 heavy (non-hydrogen) atoms. The van der Waals surface area contributed by atoms with Gasteiger partial charge in [0.1, 0.15) is 0 Å². The van der Waals surface area contributed by atoms with Crippen LogP contribution >= 0.6 is 0 Å². The molecule has 0 radical (unpaired) electrons. The third-order valence-corrected chi connectivity index (χ3v) is 4.34. The van der Waals surface area contributed by atoms with Gasteiger partial charge in [-0.05, 0) is 6.42 Å². The highest BCUT2D eigenvalue weighted by Crippen LogP contribution is 2.16. The summed E-state index contributed by atoms with van der Waals surface area (Å²) >= 11 is 0. The molecule has 0 aromatic rings. The Hall–Kier alpha value is -0.830. The fourth-order valence-corrected chi connectivity index (χ4v) is 2.77. The van der Waals surface area contributed by atoms with E-state index in [9.17, 15) is 4.79 Å². The minimum Gasteiger partial charge on any atom is -0.409 e. The monoisotopic (exact) mass is 326 g/mol. The largest absolute Gasteiger partial charge is 0.409 e. The second kappa shape index (κ2) is 13.6. The molecule has 0 aromatic heterocycles. The SMILES string of the molecule is C=CC(=O)OC(CCCCCCCCCCCCC)[N+](C)(C)C. The van der Waals surface area contributed by atoms with Crippen molar-refractivity contribution < 1.29 is 14.0 Å². The molecule has 0 N–H and O–H groups in total. The second-order valence-corrected chi connectivity index (χ2v) is 7.54. The molecule has 0 bridgehead atoms. The Morgan fingerprint density at radius 1 is 0.913 bits per heavy atom. The van der Waals surface area contributed by atoms with E-state index < -0.39 is 0 Å². The number of hydrogen-bond donors (Lipinski definition) is 0. The zero-order valence-corrected chi connectivity index (χ0v) is 16.1. The van der Waals surface area contributed by atoms with E-state index >= 15 is 0 Å². The van der Waals surface area contributed by atoms with Crippen molar-refractivity contribution in [1.29, 1.82) is 0 Å². The number of ether oxygens (including phenoxy) is 1. The van der Waals surface area contributed by atoms with E-state index in [2.05, 4.69) is 34.6 Å². The molecule has 0 rings (SSSR count). The molecule has 3 nitrogen and oxygen atoms in total. The van der Waals surface area contributed by atoms with Crippen LogP contribution in [-0.2, 0) is 9.53 Å². The maximum atomic E-state index is 11.4. The highest BCUT2D eigenvalue weighted by atomic mass is 16.6. The first-order valence-electron chi connectivity index (χ1n) is 9.56. The fourth-order valence-electron chi connectivity index (χ4n) is 2.77. The molecule has 0 amide bonds. The summed E-state index contributed by atoms with van der Waals surface area (Å²) in [5, 5.41) is 0. The average molecular weight is 327 g/mol. The smallest absolute Gasteiger partial charge is 0.334 e. The van der Waals surface area contributed by atoms with Crippen LogP contribution in [0.1, 0.15) is 84.0 Å². The van der Waals surface area contributed by atoms with Gasteiger partial charge in [0, 0.05) is 12.5 Å². The van der Waals surface area contributed by atoms with E-state index in [0.29, 0.717) is 4.48 Å². The molecule has 0 aliphatic carbocycles. The van der Waals surface area contributed by atoms with Gasteiger partial charge in [0.05, 0.1) is 21.1 Å². The highest BCUT2D eigenvalue weighted by molar-refractivity contribution is 5.81. The van der Waals surface area contributed by atoms with E-state index in [0.717, 1.165) is 12.8 Å². The Labute approximate surface area is 144 Å². The summed E-state index contributed by atoms with van der Waals surface area (Å²) in [7, 11) is 6.21. The van der Waals surface area contributed by atoms with Crippen LogP contribution in [0.5, 0.6) is 0 Å². The fraction of sp³-hybridized carbons (Fsp3) is 0.850. The Balaban J connectivity index is 3.63. The summed E-state index contributed by atoms with van der Waals surface area (Å²) in [4.78, 5) is 11.4. The number of carbonyl (C=O) groups is 1. The number of carbonyl (C=O) groups excluding carboxylic acids is 1. The minimum atomic E-state index is -0.314. The van der Waals surface area contributed by atoms with Gasteiger partial charge in [-0.1, -0.05) is 77.7 Å². The predicted molar refractivity (Wildman–Crippen MR) is 99.2 cm³/mol. The number of unbranched alkanes of at least 4 members (excludes halogenated alkanes) is 10. The van der Waals surface area contributed by atoms with Crippen molar-refractivity contribution in [2.45, 2.75) is 90.2 Å². The summed E-state index contributed by atoms with van der Waals surface area (Å²) in [5.41, 5.74) is 0. The first-order chi connectivity index (χ1) is 10.9. The Morgan fingerprint density at radius 3 is 1.74 bits per heavy atom. The summed E-state index contributed by atoms with van der Waals surface area (Å²) in [5.74, 6) is -0.314. The summed E-state index contributed by atoms with van der Waals surface area (Å²) in [6.07, 6.45) is 16.8. The molecule has 0 fully saturated rings. The number of rotatable bonds is 15.